The first-order valence-corrected chi connectivity index (χ1v) is 12.2. The molecule has 10 heteroatoms. The largest absolute Gasteiger partial charge is 0.480 e. The summed E-state index contributed by atoms with van der Waals surface area (Å²) in [5, 5.41) is 16.7. The first kappa shape index (κ1) is 28.0. The zero-order valence-electron chi connectivity index (χ0n) is 22.5. The standard InChI is InChI=1S/C27H36N6O4/c1-32(2,3)17-27(16-29-31-28,18-33(4,5)6)24(25(34)35)30-26(36)37-15-23-21-13-9-7-11-19(21)20-12-8-10-14-22(20)23/h7-14,23-24H,15-18H2,1-6H3/p+2/t24-/m1/s1. The SMILES string of the molecule is C[N+](C)(C)CC(CN=[N+]=[N-])(C[N+](C)(C)C)[C@H](NC(=O)OCC1c2ccccc2-c2ccccc21)C(=O)O. The van der Waals surface area contributed by atoms with E-state index >= 15 is 0 Å². The predicted octanol–water partition coefficient (Wildman–Crippen LogP) is 3.69. The molecule has 1 aliphatic rings. The number of aliphatic carboxylic acids is 1. The highest BCUT2D eigenvalue weighted by Gasteiger charge is 2.51. The summed E-state index contributed by atoms with van der Waals surface area (Å²) >= 11 is 0. The Morgan fingerprint density at radius 3 is 1.92 bits per heavy atom. The number of benzene rings is 2. The van der Waals surface area contributed by atoms with Crippen LogP contribution in [0.3, 0.4) is 0 Å². The lowest BCUT2D eigenvalue weighted by Gasteiger charge is -2.44. The van der Waals surface area contributed by atoms with Crippen LogP contribution in [0.25, 0.3) is 21.6 Å². The smallest absolute Gasteiger partial charge is 0.407 e. The molecule has 0 unspecified atom stereocenters. The number of rotatable bonds is 11. The molecule has 0 bridgehead atoms. The summed E-state index contributed by atoms with van der Waals surface area (Å²) < 4.78 is 6.48. The van der Waals surface area contributed by atoms with Gasteiger partial charge >= 0.3 is 12.1 Å². The quantitative estimate of drug-likeness (QED) is 0.207. The minimum absolute atomic E-state index is 0.0697. The molecule has 2 aromatic rings. The van der Waals surface area contributed by atoms with Crippen LogP contribution in [0, 0.1) is 5.41 Å². The number of carbonyl (C=O) groups excluding carboxylic acids is 1. The Bertz CT molecular complexity index is 1130. The molecule has 0 aromatic heterocycles. The van der Waals surface area contributed by atoms with Crippen LogP contribution < -0.4 is 5.32 Å². The second kappa shape index (κ2) is 10.8. The van der Waals surface area contributed by atoms with E-state index in [0.29, 0.717) is 22.1 Å². The van der Waals surface area contributed by atoms with Gasteiger partial charge in [-0.2, -0.15) is 0 Å². The van der Waals surface area contributed by atoms with Crippen molar-refractivity contribution in [2.24, 2.45) is 10.5 Å². The maximum absolute atomic E-state index is 13.1. The van der Waals surface area contributed by atoms with Crippen LogP contribution in [0.1, 0.15) is 17.0 Å². The van der Waals surface area contributed by atoms with Gasteiger partial charge in [-0.3, -0.25) is 0 Å². The third-order valence-electron chi connectivity index (χ3n) is 6.49. The first-order valence-electron chi connectivity index (χ1n) is 12.2. The Hall–Kier alpha value is -3.59. The molecule has 0 saturated carbocycles. The molecule has 0 saturated heterocycles. The Morgan fingerprint density at radius 1 is 1.00 bits per heavy atom. The van der Waals surface area contributed by atoms with Crippen LogP contribution in [0.5, 0.6) is 0 Å². The molecule has 1 atom stereocenters. The number of carboxylic acids is 1. The van der Waals surface area contributed by atoms with Crippen molar-refractivity contribution in [3.05, 3.63) is 70.1 Å². The topological polar surface area (TPSA) is 124 Å². The minimum atomic E-state index is -1.33. The van der Waals surface area contributed by atoms with E-state index in [2.05, 4.69) is 15.3 Å². The average Bonchev–Trinajstić information content (AvgIpc) is 3.11. The molecule has 1 amide bonds. The molecule has 2 aromatic carbocycles. The molecule has 37 heavy (non-hydrogen) atoms. The summed E-state index contributed by atoms with van der Waals surface area (Å²) in [7, 11) is 11.6. The van der Waals surface area contributed by atoms with Gasteiger partial charge in [-0.1, -0.05) is 53.6 Å². The second-order valence-electron chi connectivity index (χ2n) is 11.9. The van der Waals surface area contributed by atoms with Crippen LogP contribution in [0.2, 0.25) is 0 Å². The molecule has 2 N–H and O–H groups in total. The fraction of sp³-hybridized carbons (Fsp3) is 0.481. The normalized spacial score (nSPS) is 14.2. The van der Waals surface area contributed by atoms with Crippen LogP contribution >= 0.6 is 0 Å². The fourth-order valence-corrected chi connectivity index (χ4v) is 5.72. The summed E-state index contributed by atoms with van der Waals surface area (Å²) in [6.45, 7) is 0.680. The lowest BCUT2D eigenvalue weighted by molar-refractivity contribution is -0.902. The molecule has 0 spiro atoms. The predicted molar refractivity (Wildman–Crippen MR) is 142 cm³/mol. The first-order chi connectivity index (χ1) is 17.3. The number of amides is 1. The number of azide groups is 1. The Labute approximate surface area is 218 Å². The third kappa shape index (κ3) is 6.80. The molecule has 1 aliphatic carbocycles. The van der Waals surface area contributed by atoms with Gasteiger partial charge in [-0.15, -0.1) is 0 Å². The van der Waals surface area contributed by atoms with Crippen LogP contribution in [-0.4, -0.2) is 101 Å². The number of ether oxygens (including phenoxy) is 1. The maximum Gasteiger partial charge on any atom is 0.407 e. The fourth-order valence-electron chi connectivity index (χ4n) is 5.72. The third-order valence-corrected chi connectivity index (χ3v) is 6.49. The van der Waals surface area contributed by atoms with Gasteiger partial charge in [0.05, 0.1) is 55.4 Å². The van der Waals surface area contributed by atoms with Gasteiger partial charge in [-0.05, 0) is 27.8 Å². The van der Waals surface area contributed by atoms with Gasteiger partial charge in [0.25, 0.3) is 0 Å². The van der Waals surface area contributed by atoms with Crippen molar-refractivity contribution in [2.45, 2.75) is 12.0 Å². The lowest BCUT2D eigenvalue weighted by Crippen LogP contribution is -2.65. The Morgan fingerprint density at radius 2 is 1.49 bits per heavy atom. The average molecular weight is 511 g/mol. The van der Waals surface area contributed by atoms with E-state index in [4.69, 9.17) is 10.3 Å². The van der Waals surface area contributed by atoms with E-state index in [1.807, 2.05) is 90.8 Å². The number of quaternary nitrogens is 2. The van der Waals surface area contributed by atoms with Crippen molar-refractivity contribution in [2.75, 3.05) is 68.5 Å². The molecular weight excluding hydrogens is 472 g/mol. The van der Waals surface area contributed by atoms with Crippen molar-refractivity contribution in [1.29, 1.82) is 0 Å². The molecule has 0 radical (unpaired) electrons. The summed E-state index contributed by atoms with van der Waals surface area (Å²) in [5.74, 6) is -1.35. The van der Waals surface area contributed by atoms with Gasteiger partial charge in [0.2, 0.25) is 0 Å². The second-order valence-corrected chi connectivity index (χ2v) is 11.9. The zero-order chi connectivity index (χ0) is 27.4. The summed E-state index contributed by atoms with van der Waals surface area (Å²) in [6.07, 6.45) is -0.817. The van der Waals surface area contributed by atoms with Crippen LogP contribution in [0.4, 0.5) is 4.79 Å². The highest BCUT2D eigenvalue weighted by atomic mass is 16.5. The number of hydrogen-bond donors (Lipinski definition) is 2. The van der Waals surface area contributed by atoms with E-state index in [1.165, 1.54) is 0 Å². The molecule has 0 aliphatic heterocycles. The Balaban J connectivity index is 1.87. The molecule has 198 valence electrons. The highest BCUT2D eigenvalue weighted by Crippen LogP contribution is 2.44. The van der Waals surface area contributed by atoms with E-state index in [0.717, 1.165) is 22.3 Å². The molecule has 10 nitrogen and oxygen atoms in total. The summed E-state index contributed by atoms with van der Waals surface area (Å²) in [4.78, 5) is 28.6. The monoisotopic (exact) mass is 510 g/mol. The minimum Gasteiger partial charge on any atom is -0.480 e. The molecule has 0 fully saturated rings. The van der Waals surface area contributed by atoms with Gasteiger partial charge < -0.3 is 24.1 Å². The summed E-state index contributed by atoms with van der Waals surface area (Å²) in [6, 6.07) is 14.7. The molecular formula is C27H38N6O4+2. The zero-order valence-corrected chi connectivity index (χ0v) is 22.5. The van der Waals surface area contributed by atoms with Gasteiger partial charge in [-0.25, -0.2) is 9.59 Å². The molecule has 3 rings (SSSR count). The number of alkyl carbamates (subject to hydrolysis) is 1. The number of carboxylic acid groups (broad SMARTS) is 1. The van der Waals surface area contributed by atoms with Crippen molar-refractivity contribution < 1.29 is 28.4 Å². The van der Waals surface area contributed by atoms with E-state index in [-0.39, 0.29) is 19.1 Å². The number of nitrogens with one attached hydrogen (secondary N) is 1. The van der Waals surface area contributed by atoms with Crippen molar-refractivity contribution in [3.8, 4) is 11.1 Å². The van der Waals surface area contributed by atoms with E-state index in [9.17, 15) is 14.7 Å². The van der Waals surface area contributed by atoms with Crippen molar-refractivity contribution >= 4 is 12.1 Å². The highest BCUT2D eigenvalue weighted by molar-refractivity contribution is 5.82. The van der Waals surface area contributed by atoms with E-state index in [1.54, 1.807) is 0 Å². The van der Waals surface area contributed by atoms with Gasteiger partial charge in [0, 0.05) is 17.4 Å². The number of carbonyl (C=O) groups is 2. The summed E-state index contributed by atoms with van der Waals surface area (Å²) in [5.41, 5.74) is 12.4. The van der Waals surface area contributed by atoms with Crippen molar-refractivity contribution in [3.63, 3.8) is 0 Å². The molecule has 0 heterocycles. The Kier molecular flexibility index (Phi) is 8.17. The van der Waals surface area contributed by atoms with Crippen molar-refractivity contribution in [1.82, 2.24) is 5.32 Å². The van der Waals surface area contributed by atoms with Crippen LogP contribution in [-0.2, 0) is 9.53 Å². The van der Waals surface area contributed by atoms with Crippen LogP contribution in [0.15, 0.2) is 53.6 Å². The van der Waals surface area contributed by atoms with E-state index < -0.39 is 23.5 Å². The number of nitrogens with zero attached hydrogens (tertiary/aromatic N) is 5. The van der Waals surface area contributed by atoms with Gasteiger partial charge in [0.1, 0.15) is 18.1 Å². The number of hydrogen-bond acceptors (Lipinski definition) is 4. The maximum atomic E-state index is 13.1. The number of fused-ring (bicyclic) bond motifs is 3. The lowest BCUT2D eigenvalue weighted by atomic mass is 9.77. The van der Waals surface area contributed by atoms with Gasteiger partial charge in [0.15, 0.2) is 0 Å².